The van der Waals surface area contributed by atoms with E-state index < -0.39 is 17.3 Å². The maximum Gasteiger partial charge on any atom is 0.337 e. The van der Waals surface area contributed by atoms with Gasteiger partial charge in [-0.3, -0.25) is 9.59 Å². The molecular weight excluding hydrogens is 478 g/mol. The van der Waals surface area contributed by atoms with E-state index in [1.54, 1.807) is 56.3 Å². The van der Waals surface area contributed by atoms with E-state index in [2.05, 4.69) is 20.3 Å². The van der Waals surface area contributed by atoms with E-state index in [1.165, 1.54) is 32.8 Å². The van der Waals surface area contributed by atoms with Gasteiger partial charge >= 0.3 is 5.97 Å². The third kappa shape index (κ3) is 6.20. The molecule has 0 atom stereocenters. The van der Waals surface area contributed by atoms with Gasteiger partial charge in [-0.1, -0.05) is 12.1 Å². The Morgan fingerprint density at radius 3 is 2.22 bits per heavy atom. The summed E-state index contributed by atoms with van der Waals surface area (Å²) in [4.78, 5) is 44.9. The molecule has 0 aliphatic heterocycles. The number of ether oxygens (including phenoxy) is 2. The molecule has 0 aliphatic carbocycles. The zero-order chi connectivity index (χ0) is 27.2. The van der Waals surface area contributed by atoms with Crippen LogP contribution >= 0.6 is 0 Å². The molecule has 0 radical (unpaired) electrons. The van der Waals surface area contributed by atoms with Crippen LogP contribution in [0.5, 0.6) is 11.5 Å². The number of carboxylic acids is 1. The summed E-state index contributed by atoms with van der Waals surface area (Å²) in [5.74, 6) is -0.643. The number of hydrogen-bond donors (Lipinski definition) is 4. The maximum absolute atomic E-state index is 12.4. The molecule has 0 fully saturated rings. The van der Waals surface area contributed by atoms with Crippen molar-refractivity contribution in [1.29, 1.82) is 0 Å². The highest BCUT2D eigenvalue weighted by atomic mass is 16.5. The number of nitrogens with zero attached hydrogens (tertiary/aromatic N) is 2. The molecule has 0 saturated carbocycles. The predicted octanol–water partition coefficient (Wildman–Crippen LogP) is 3.38. The van der Waals surface area contributed by atoms with Crippen molar-refractivity contribution >= 4 is 34.6 Å². The van der Waals surface area contributed by atoms with E-state index in [1.807, 2.05) is 0 Å². The molecule has 2 aromatic carbocycles. The number of anilines is 1. The molecule has 11 nitrogen and oxygen atoms in total. The third-order valence-electron chi connectivity index (χ3n) is 5.65. The molecule has 192 valence electrons. The second-order valence-corrected chi connectivity index (χ2v) is 8.39. The monoisotopic (exact) mass is 505 g/mol. The van der Waals surface area contributed by atoms with E-state index >= 15 is 0 Å². The zero-order valence-corrected chi connectivity index (χ0v) is 20.7. The number of primary amides is 1. The quantitative estimate of drug-likeness (QED) is 0.296. The Balaban J connectivity index is 0.000000262. The number of carbonyl (C=O) groups is 3. The largest absolute Gasteiger partial charge is 0.493 e. The number of aromatic nitrogens is 3. The zero-order valence-electron chi connectivity index (χ0n) is 20.7. The second kappa shape index (κ2) is 11.2. The van der Waals surface area contributed by atoms with Gasteiger partial charge in [0, 0.05) is 17.4 Å². The molecule has 2 heterocycles. The molecule has 11 heteroatoms. The first-order chi connectivity index (χ1) is 17.6. The van der Waals surface area contributed by atoms with Gasteiger partial charge in [0.2, 0.25) is 5.91 Å². The molecule has 4 aromatic rings. The number of rotatable bonds is 7. The number of amides is 2. The smallest absolute Gasteiger partial charge is 0.337 e. The lowest BCUT2D eigenvalue weighted by atomic mass is 9.84. The summed E-state index contributed by atoms with van der Waals surface area (Å²) in [6.07, 6.45) is 2.77. The van der Waals surface area contributed by atoms with E-state index in [4.69, 9.17) is 20.3 Å². The minimum absolute atomic E-state index is 0.148. The first-order valence-electron chi connectivity index (χ1n) is 11.0. The van der Waals surface area contributed by atoms with E-state index in [-0.39, 0.29) is 11.5 Å². The van der Waals surface area contributed by atoms with Crippen LogP contribution in [0.3, 0.4) is 0 Å². The van der Waals surface area contributed by atoms with Gasteiger partial charge in [0.25, 0.3) is 5.91 Å². The fraction of sp³-hybridized carbons (Fsp3) is 0.192. The van der Waals surface area contributed by atoms with E-state index in [0.29, 0.717) is 33.9 Å². The van der Waals surface area contributed by atoms with Crippen LogP contribution in [0.1, 0.15) is 40.1 Å². The lowest BCUT2D eigenvalue weighted by Gasteiger charge is -2.21. The molecule has 5 N–H and O–H groups in total. The van der Waals surface area contributed by atoms with Crippen LogP contribution in [0.4, 0.5) is 5.69 Å². The first kappa shape index (κ1) is 26.7. The number of pyridine rings is 1. The number of benzene rings is 2. The van der Waals surface area contributed by atoms with Crippen LogP contribution in [0.15, 0.2) is 61.1 Å². The lowest BCUT2D eigenvalue weighted by molar-refractivity contribution is -0.122. The van der Waals surface area contributed by atoms with Crippen molar-refractivity contribution in [1.82, 2.24) is 15.0 Å². The van der Waals surface area contributed by atoms with Crippen molar-refractivity contribution in [3.63, 3.8) is 0 Å². The third-order valence-corrected chi connectivity index (χ3v) is 5.65. The molecule has 0 aliphatic rings. The van der Waals surface area contributed by atoms with Gasteiger partial charge in [0.1, 0.15) is 5.52 Å². The van der Waals surface area contributed by atoms with Gasteiger partial charge in [0.05, 0.1) is 31.5 Å². The summed E-state index contributed by atoms with van der Waals surface area (Å²) < 4.78 is 10.4. The van der Waals surface area contributed by atoms with Gasteiger partial charge in [-0.15, -0.1) is 0 Å². The van der Waals surface area contributed by atoms with Crippen LogP contribution in [0, 0.1) is 0 Å². The summed E-state index contributed by atoms with van der Waals surface area (Å²) in [7, 11) is 3.05. The van der Waals surface area contributed by atoms with Crippen molar-refractivity contribution in [2.75, 3.05) is 19.5 Å². The van der Waals surface area contributed by atoms with Crippen molar-refractivity contribution in [2.24, 2.45) is 5.73 Å². The highest BCUT2D eigenvalue weighted by Crippen LogP contribution is 2.28. The minimum atomic E-state index is -0.993. The predicted molar refractivity (Wildman–Crippen MR) is 137 cm³/mol. The second-order valence-electron chi connectivity index (χ2n) is 8.39. The molecule has 0 bridgehead atoms. The van der Waals surface area contributed by atoms with Crippen molar-refractivity contribution in [3.8, 4) is 11.5 Å². The molecule has 0 spiro atoms. The normalized spacial score (nSPS) is 10.7. The maximum atomic E-state index is 12.4. The molecule has 2 aromatic heterocycles. The lowest BCUT2D eigenvalue weighted by Crippen LogP contribution is -2.35. The van der Waals surface area contributed by atoms with Crippen LogP contribution in [0.25, 0.3) is 11.2 Å². The van der Waals surface area contributed by atoms with Gasteiger partial charge in [-0.2, -0.15) is 0 Å². The summed E-state index contributed by atoms with van der Waals surface area (Å²) in [6, 6.07) is 13.4. The Kier molecular flexibility index (Phi) is 8.08. The standard InChI is InChI=1S/C19H22N2O4.C7H5N3O2/c1-19(2,18(20)23)13-6-8-14(9-7-13)21-17(22)12-5-10-15(24-3)16(11-12)25-4;11-7(12)4-1-5-6(8-2-4)10-3-9-5/h5-11H,1-4H3,(H2,20,23)(H,21,22);1-3H,(H,11,12)(H,8,9,10). The number of nitrogens with two attached hydrogens (primary N) is 1. The highest BCUT2D eigenvalue weighted by molar-refractivity contribution is 6.04. The van der Waals surface area contributed by atoms with Gasteiger partial charge in [0.15, 0.2) is 17.1 Å². The molecule has 4 rings (SSSR count). The summed E-state index contributed by atoms with van der Waals surface area (Å²) >= 11 is 0. The number of carbonyl (C=O) groups excluding carboxylic acids is 2. The van der Waals surface area contributed by atoms with Crippen molar-refractivity contribution in [2.45, 2.75) is 19.3 Å². The van der Waals surface area contributed by atoms with Crippen LogP contribution in [-0.2, 0) is 10.2 Å². The molecule has 0 saturated heterocycles. The van der Waals surface area contributed by atoms with Gasteiger partial charge in [-0.25, -0.2) is 14.8 Å². The van der Waals surface area contributed by atoms with Crippen molar-refractivity contribution < 1.29 is 29.0 Å². The Bertz CT molecular complexity index is 1430. The number of nitrogens with one attached hydrogen (secondary N) is 2. The molecule has 37 heavy (non-hydrogen) atoms. The molecular formula is C26H27N5O6. The average Bonchev–Trinajstić information content (AvgIpc) is 3.37. The number of carboxylic acid groups (broad SMARTS) is 1. The van der Waals surface area contributed by atoms with Gasteiger partial charge in [-0.05, 0) is 55.8 Å². The number of aromatic carboxylic acids is 1. The number of fused-ring (bicyclic) bond motifs is 1. The first-order valence-corrected chi connectivity index (χ1v) is 11.0. The van der Waals surface area contributed by atoms with Crippen LogP contribution in [-0.4, -0.2) is 52.1 Å². The van der Waals surface area contributed by atoms with Crippen molar-refractivity contribution in [3.05, 3.63) is 77.7 Å². The highest BCUT2D eigenvalue weighted by Gasteiger charge is 2.27. The Morgan fingerprint density at radius 1 is 0.946 bits per heavy atom. The minimum Gasteiger partial charge on any atom is -0.493 e. The number of imidazole rings is 1. The number of H-pyrrole nitrogens is 1. The Morgan fingerprint density at radius 2 is 1.62 bits per heavy atom. The fourth-order valence-electron chi connectivity index (χ4n) is 3.24. The van der Waals surface area contributed by atoms with E-state index in [9.17, 15) is 14.4 Å². The summed E-state index contributed by atoms with van der Waals surface area (Å²) in [6.45, 7) is 3.51. The van der Waals surface area contributed by atoms with Crippen LogP contribution < -0.4 is 20.5 Å². The average molecular weight is 506 g/mol. The fourth-order valence-corrected chi connectivity index (χ4v) is 3.24. The SMILES string of the molecule is COc1ccc(C(=O)Nc2ccc(C(C)(C)C(N)=O)cc2)cc1OC.O=C(O)c1cnc2[nH]cnc2c1. The van der Waals surface area contributed by atoms with E-state index in [0.717, 1.165) is 5.56 Å². The molecule has 2 amide bonds. The summed E-state index contributed by atoms with van der Waals surface area (Å²) in [5, 5.41) is 11.4. The Hall–Kier alpha value is -4.93. The molecule has 0 unspecified atom stereocenters. The number of aromatic amines is 1. The Labute approximate surface area is 212 Å². The topological polar surface area (TPSA) is 170 Å². The number of methoxy groups -OCH3 is 2. The van der Waals surface area contributed by atoms with Crippen LogP contribution in [0.2, 0.25) is 0 Å². The number of hydrogen-bond acceptors (Lipinski definition) is 7. The summed E-state index contributed by atoms with van der Waals surface area (Å²) in [5.41, 5.74) is 7.79. The van der Waals surface area contributed by atoms with Gasteiger partial charge < -0.3 is 30.6 Å².